The van der Waals surface area contributed by atoms with Crippen LogP contribution in [-0.4, -0.2) is 25.0 Å². The fourth-order valence-corrected chi connectivity index (χ4v) is 3.27. The summed E-state index contributed by atoms with van der Waals surface area (Å²) in [4.78, 5) is 12.8. The van der Waals surface area contributed by atoms with Gasteiger partial charge in [-0.1, -0.05) is 44.2 Å². The average Bonchev–Trinajstić information content (AvgIpc) is 3.16. The van der Waals surface area contributed by atoms with Gasteiger partial charge in [-0.2, -0.15) is 0 Å². The molecule has 5 nitrogen and oxygen atoms in total. The number of hydrogen-bond acceptors (Lipinski definition) is 4. The molecule has 2 aromatic rings. The monoisotopic (exact) mass is 370 g/mol. The lowest BCUT2D eigenvalue weighted by molar-refractivity contribution is -0.125. The Morgan fingerprint density at radius 1 is 1.15 bits per heavy atom. The maximum Gasteiger partial charge on any atom is 0.226 e. The van der Waals surface area contributed by atoms with Gasteiger partial charge >= 0.3 is 0 Å². The normalized spacial score (nSPS) is 20.4. The molecule has 3 rings (SSSR count). The molecule has 1 heterocycles. The van der Waals surface area contributed by atoms with E-state index in [0.717, 1.165) is 11.3 Å². The number of hydrogen-bond donors (Lipinski definition) is 4. The van der Waals surface area contributed by atoms with E-state index in [1.54, 1.807) is 12.1 Å². The Labute approximate surface area is 159 Å². The maximum absolute atomic E-state index is 13.2. The summed E-state index contributed by atoms with van der Waals surface area (Å²) in [6.07, 6.45) is 0. The van der Waals surface area contributed by atoms with E-state index in [9.17, 15) is 9.18 Å². The predicted molar refractivity (Wildman–Crippen MR) is 105 cm³/mol. The molecule has 1 amide bonds. The molecule has 0 spiro atoms. The van der Waals surface area contributed by atoms with Gasteiger partial charge in [-0.3, -0.25) is 10.2 Å². The highest BCUT2D eigenvalue weighted by Gasteiger charge is 2.34. The average molecular weight is 370 g/mol. The zero-order chi connectivity index (χ0) is 19.2. The minimum absolute atomic E-state index is 0.0117. The number of rotatable bonds is 7. The Hall–Kier alpha value is -2.44. The van der Waals surface area contributed by atoms with Crippen molar-refractivity contribution in [1.29, 1.82) is 0 Å². The van der Waals surface area contributed by atoms with Gasteiger partial charge in [0.1, 0.15) is 5.82 Å². The number of benzene rings is 2. The molecule has 4 N–H and O–H groups in total. The number of amides is 1. The molecule has 3 atom stereocenters. The second-order valence-corrected chi connectivity index (χ2v) is 7.27. The van der Waals surface area contributed by atoms with Crippen LogP contribution >= 0.6 is 0 Å². The fourth-order valence-electron chi connectivity index (χ4n) is 3.27. The highest BCUT2D eigenvalue weighted by Crippen LogP contribution is 2.25. The van der Waals surface area contributed by atoms with Crippen molar-refractivity contribution in [2.75, 3.05) is 18.4 Å². The molecule has 1 aliphatic heterocycles. The predicted octanol–water partition coefficient (Wildman–Crippen LogP) is 2.84. The highest BCUT2D eigenvalue weighted by molar-refractivity contribution is 5.80. The van der Waals surface area contributed by atoms with Crippen LogP contribution < -0.4 is 21.5 Å². The van der Waals surface area contributed by atoms with E-state index in [1.807, 2.05) is 30.3 Å². The summed E-state index contributed by atoms with van der Waals surface area (Å²) in [5.41, 5.74) is 8.10. The van der Waals surface area contributed by atoms with Crippen molar-refractivity contribution in [3.63, 3.8) is 0 Å². The number of hydrazine groups is 1. The zero-order valence-corrected chi connectivity index (χ0v) is 15.7. The molecule has 2 aromatic carbocycles. The van der Waals surface area contributed by atoms with E-state index in [1.165, 1.54) is 12.1 Å². The maximum atomic E-state index is 13.2. The molecule has 6 heteroatoms. The van der Waals surface area contributed by atoms with Crippen LogP contribution in [0.3, 0.4) is 0 Å². The lowest BCUT2D eigenvalue weighted by Crippen LogP contribution is -2.43. The third-order valence-corrected chi connectivity index (χ3v) is 4.97. The lowest BCUT2D eigenvalue weighted by atomic mass is 9.94. The van der Waals surface area contributed by atoms with Crippen molar-refractivity contribution in [3.8, 4) is 0 Å². The third-order valence-electron chi connectivity index (χ3n) is 4.97. The molecule has 3 unspecified atom stereocenters. The first-order chi connectivity index (χ1) is 13.0. The van der Waals surface area contributed by atoms with Crippen LogP contribution in [0, 0.1) is 17.7 Å². The Balaban J connectivity index is 1.60. The van der Waals surface area contributed by atoms with Crippen molar-refractivity contribution in [1.82, 2.24) is 16.2 Å². The number of carbonyl (C=O) groups is 1. The third kappa shape index (κ3) is 5.05. The van der Waals surface area contributed by atoms with E-state index in [0.29, 0.717) is 19.0 Å². The lowest BCUT2D eigenvalue weighted by Gasteiger charge is -2.25. The van der Waals surface area contributed by atoms with Crippen LogP contribution in [0.15, 0.2) is 54.6 Å². The first kappa shape index (κ1) is 19.3. The van der Waals surface area contributed by atoms with E-state index in [2.05, 4.69) is 35.3 Å². The summed E-state index contributed by atoms with van der Waals surface area (Å²) in [7, 11) is 0. The number of carbonyl (C=O) groups excluding carboxylic acids is 1. The molecule has 1 fully saturated rings. The highest BCUT2D eigenvalue weighted by atomic mass is 19.1. The van der Waals surface area contributed by atoms with E-state index < -0.39 is 0 Å². The minimum atomic E-state index is -0.280. The van der Waals surface area contributed by atoms with Crippen LogP contribution in [0.1, 0.15) is 25.5 Å². The Morgan fingerprint density at radius 2 is 1.85 bits per heavy atom. The van der Waals surface area contributed by atoms with Gasteiger partial charge in [0.15, 0.2) is 0 Å². The van der Waals surface area contributed by atoms with Crippen molar-refractivity contribution < 1.29 is 9.18 Å². The van der Waals surface area contributed by atoms with Crippen LogP contribution in [0.25, 0.3) is 0 Å². The second kappa shape index (κ2) is 8.97. The number of halogens is 1. The summed E-state index contributed by atoms with van der Waals surface area (Å²) < 4.78 is 13.2. The number of para-hydroxylation sites is 1. The molecule has 0 aromatic heterocycles. The van der Waals surface area contributed by atoms with E-state index >= 15 is 0 Å². The first-order valence-electron chi connectivity index (χ1n) is 9.37. The first-order valence-corrected chi connectivity index (χ1v) is 9.37. The van der Waals surface area contributed by atoms with Crippen LogP contribution in [0.2, 0.25) is 0 Å². The molecular weight excluding hydrogens is 343 g/mol. The van der Waals surface area contributed by atoms with Gasteiger partial charge in [-0.15, -0.1) is 0 Å². The summed E-state index contributed by atoms with van der Waals surface area (Å²) >= 11 is 0. The summed E-state index contributed by atoms with van der Waals surface area (Å²) in [5.74, 6) is -0.182. The van der Waals surface area contributed by atoms with Gasteiger partial charge < -0.3 is 10.6 Å². The molecule has 0 radical (unpaired) electrons. The van der Waals surface area contributed by atoms with Gasteiger partial charge in [0.05, 0.1) is 12.0 Å². The summed E-state index contributed by atoms with van der Waals surface area (Å²) in [6.45, 7) is 5.34. The summed E-state index contributed by atoms with van der Waals surface area (Å²) in [5, 5.41) is 6.57. The smallest absolute Gasteiger partial charge is 0.226 e. The zero-order valence-electron chi connectivity index (χ0n) is 15.7. The van der Waals surface area contributed by atoms with Crippen LogP contribution in [0.5, 0.6) is 0 Å². The van der Waals surface area contributed by atoms with Gasteiger partial charge in [-0.05, 0) is 35.7 Å². The standard InChI is InChI=1S/C21H27FN4O/c1-14(2)19(25-17-6-4-3-5-7-17)13-23-21(27)18-12-24-26-20(18)15-8-10-16(22)11-9-15/h3-11,14,18-20,24-26H,12-13H2,1-2H3,(H,23,27). The SMILES string of the molecule is CC(C)C(CNC(=O)C1CNNC1c1ccc(F)cc1)Nc1ccccc1. The topological polar surface area (TPSA) is 65.2 Å². The van der Waals surface area contributed by atoms with Gasteiger partial charge in [0.2, 0.25) is 5.91 Å². The molecule has 144 valence electrons. The Morgan fingerprint density at radius 3 is 2.52 bits per heavy atom. The van der Waals surface area contributed by atoms with Gasteiger partial charge in [0.25, 0.3) is 0 Å². The molecule has 0 aliphatic carbocycles. The van der Waals surface area contributed by atoms with Crippen molar-refractivity contribution in [2.45, 2.75) is 25.9 Å². The van der Waals surface area contributed by atoms with E-state index in [-0.39, 0.29) is 29.7 Å². The quantitative estimate of drug-likeness (QED) is 0.605. The van der Waals surface area contributed by atoms with Gasteiger partial charge in [-0.25, -0.2) is 9.82 Å². The Kier molecular flexibility index (Phi) is 6.42. The second-order valence-electron chi connectivity index (χ2n) is 7.27. The van der Waals surface area contributed by atoms with Crippen molar-refractivity contribution >= 4 is 11.6 Å². The van der Waals surface area contributed by atoms with Gasteiger partial charge in [0, 0.05) is 24.8 Å². The van der Waals surface area contributed by atoms with Crippen LogP contribution in [-0.2, 0) is 4.79 Å². The molecule has 0 saturated carbocycles. The molecule has 0 bridgehead atoms. The fraction of sp³-hybridized carbons (Fsp3) is 0.381. The molecule has 27 heavy (non-hydrogen) atoms. The Bertz CT molecular complexity index is 736. The van der Waals surface area contributed by atoms with Crippen molar-refractivity contribution in [3.05, 3.63) is 66.0 Å². The molecule has 1 saturated heterocycles. The largest absolute Gasteiger partial charge is 0.380 e. The van der Waals surface area contributed by atoms with E-state index in [4.69, 9.17) is 0 Å². The minimum Gasteiger partial charge on any atom is -0.380 e. The number of nitrogens with one attached hydrogen (secondary N) is 4. The van der Waals surface area contributed by atoms with Crippen molar-refractivity contribution in [2.24, 2.45) is 11.8 Å². The number of anilines is 1. The van der Waals surface area contributed by atoms with Crippen LogP contribution in [0.4, 0.5) is 10.1 Å². The molecular formula is C21H27FN4O. The summed E-state index contributed by atoms with van der Waals surface area (Å²) in [6, 6.07) is 16.2. The molecule has 1 aliphatic rings.